The van der Waals surface area contributed by atoms with Crippen LogP contribution >= 0.6 is 0 Å². The van der Waals surface area contributed by atoms with Gasteiger partial charge in [0.2, 0.25) is 11.6 Å². The van der Waals surface area contributed by atoms with Crippen molar-refractivity contribution in [2.24, 2.45) is 0 Å². The Morgan fingerprint density at radius 1 is 0.725 bits per heavy atom. The molecule has 0 aromatic heterocycles. The summed E-state index contributed by atoms with van der Waals surface area (Å²) in [6, 6.07) is 15.7. The molecule has 0 bridgehead atoms. The van der Waals surface area contributed by atoms with Crippen LogP contribution in [0.4, 0.5) is 0 Å². The molecule has 2 aromatic carbocycles. The number of hydrogen-bond donors (Lipinski definition) is 0. The number of carbonyl (C=O) groups excluding carboxylic acids is 2. The fourth-order valence-electron chi connectivity index (χ4n) is 5.43. The first kappa shape index (κ1) is 28.2. The minimum absolute atomic E-state index is 0.117. The van der Waals surface area contributed by atoms with Crippen LogP contribution in [0, 0.1) is 0 Å². The van der Waals surface area contributed by atoms with Crippen molar-refractivity contribution < 1.29 is 38.0 Å². The molecule has 1 fully saturated rings. The van der Waals surface area contributed by atoms with Gasteiger partial charge < -0.3 is 28.4 Å². The molecule has 0 N–H and O–H groups in total. The summed E-state index contributed by atoms with van der Waals surface area (Å²) in [4.78, 5) is 26.0. The molecule has 0 amide bonds. The normalized spacial score (nSPS) is 26.9. The van der Waals surface area contributed by atoms with E-state index in [2.05, 4.69) is 0 Å². The first-order valence-corrected chi connectivity index (χ1v) is 13.8. The van der Waals surface area contributed by atoms with Gasteiger partial charge in [-0.1, -0.05) is 48.5 Å². The highest BCUT2D eigenvalue weighted by Gasteiger charge is 2.57. The Bertz CT molecular complexity index is 1230. The van der Waals surface area contributed by atoms with Crippen molar-refractivity contribution in [3.8, 4) is 0 Å². The molecule has 1 heterocycles. The summed E-state index contributed by atoms with van der Waals surface area (Å²) in [6.45, 7) is 7.62. The lowest BCUT2D eigenvalue weighted by molar-refractivity contribution is -0.458. The SMILES string of the molecule is CCO[C@]1(C)O[C@@H](COC(=O)C2=Cc3ccccc3C2)[C@H](COC(=O)C2=Cc3ccccc3C2)O[C@@]1(C)OCC. The van der Waals surface area contributed by atoms with Crippen LogP contribution in [0.25, 0.3) is 12.2 Å². The van der Waals surface area contributed by atoms with E-state index in [-0.39, 0.29) is 13.2 Å². The number of rotatable bonds is 10. The van der Waals surface area contributed by atoms with Crippen LogP contribution in [0.1, 0.15) is 49.9 Å². The third-order valence-electron chi connectivity index (χ3n) is 7.64. The fraction of sp³-hybridized carbons (Fsp3) is 0.438. The average Bonchev–Trinajstić information content (AvgIpc) is 3.57. The van der Waals surface area contributed by atoms with E-state index in [1.807, 2.05) is 74.5 Å². The van der Waals surface area contributed by atoms with Crippen molar-refractivity contribution in [1.82, 2.24) is 0 Å². The Morgan fingerprint density at radius 2 is 1.12 bits per heavy atom. The van der Waals surface area contributed by atoms with Crippen molar-refractivity contribution in [3.05, 3.63) is 81.9 Å². The van der Waals surface area contributed by atoms with Crippen molar-refractivity contribution in [3.63, 3.8) is 0 Å². The highest BCUT2D eigenvalue weighted by atomic mass is 16.8. The van der Waals surface area contributed by atoms with E-state index in [1.165, 1.54) is 0 Å². The Labute approximate surface area is 234 Å². The molecule has 2 aromatic rings. The molecule has 3 aliphatic rings. The van der Waals surface area contributed by atoms with Gasteiger partial charge in [-0.15, -0.1) is 0 Å². The van der Waals surface area contributed by atoms with E-state index in [0.29, 0.717) is 37.2 Å². The molecule has 8 heteroatoms. The second-order valence-corrected chi connectivity index (χ2v) is 10.4. The van der Waals surface area contributed by atoms with Gasteiger partial charge in [0, 0.05) is 37.2 Å². The molecule has 0 spiro atoms. The summed E-state index contributed by atoms with van der Waals surface area (Å²) in [7, 11) is 0. The lowest BCUT2D eigenvalue weighted by Gasteiger charge is -2.52. The average molecular weight is 549 g/mol. The second-order valence-electron chi connectivity index (χ2n) is 10.4. The van der Waals surface area contributed by atoms with E-state index in [0.717, 1.165) is 22.3 Å². The summed E-state index contributed by atoms with van der Waals surface area (Å²) < 4.78 is 36.2. The van der Waals surface area contributed by atoms with Crippen molar-refractivity contribution in [1.29, 1.82) is 0 Å². The molecule has 8 nitrogen and oxygen atoms in total. The fourth-order valence-corrected chi connectivity index (χ4v) is 5.43. The molecule has 0 radical (unpaired) electrons. The number of benzene rings is 2. The topological polar surface area (TPSA) is 89.5 Å². The zero-order chi connectivity index (χ0) is 28.3. The molecule has 0 unspecified atom stereocenters. The number of esters is 2. The summed E-state index contributed by atoms with van der Waals surface area (Å²) in [6.07, 6.45) is 3.16. The monoisotopic (exact) mass is 548 g/mol. The van der Waals surface area contributed by atoms with Crippen LogP contribution < -0.4 is 0 Å². The Kier molecular flexibility index (Phi) is 8.24. The van der Waals surface area contributed by atoms with Gasteiger partial charge in [0.1, 0.15) is 25.4 Å². The predicted molar refractivity (Wildman–Crippen MR) is 148 cm³/mol. The Morgan fingerprint density at radius 3 is 1.50 bits per heavy atom. The third kappa shape index (κ3) is 5.63. The first-order valence-electron chi connectivity index (χ1n) is 13.8. The van der Waals surface area contributed by atoms with Gasteiger partial charge in [0.15, 0.2) is 0 Å². The van der Waals surface area contributed by atoms with Crippen molar-refractivity contribution in [2.45, 2.75) is 64.3 Å². The van der Waals surface area contributed by atoms with Gasteiger partial charge >= 0.3 is 11.9 Å². The number of hydrogen-bond acceptors (Lipinski definition) is 8. The molecule has 1 aliphatic heterocycles. The van der Waals surface area contributed by atoms with Gasteiger partial charge in [-0.2, -0.15) is 0 Å². The number of carbonyl (C=O) groups is 2. The lowest BCUT2D eigenvalue weighted by Crippen LogP contribution is -2.67. The maximum atomic E-state index is 13.0. The summed E-state index contributed by atoms with van der Waals surface area (Å²) in [5.41, 5.74) is 5.32. The van der Waals surface area contributed by atoms with Gasteiger partial charge in [0.05, 0.1) is 0 Å². The van der Waals surface area contributed by atoms with E-state index in [4.69, 9.17) is 28.4 Å². The molecule has 5 rings (SSSR count). The van der Waals surface area contributed by atoms with Gasteiger partial charge in [0.25, 0.3) is 0 Å². The minimum Gasteiger partial charge on any atom is -0.459 e. The van der Waals surface area contributed by atoms with Crippen molar-refractivity contribution in [2.75, 3.05) is 26.4 Å². The van der Waals surface area contributed by atoms with Gasteiger partial charge in [-0.3, -0.25) is 0 Å². The summed E-state index contributed by atoms with van der Waals surface area (Å²) >= 11 is 0. The molecule has 1 saturated heterocycles. The summed E-state index contributed by atoms with van der Waals surface area (Å²) in [5.74, 6) is -3.46. The molecule has 4 atom stereocenters. The molecule has 212 valence electrons. The predicted octanol–water partition coefficient (Wildman–Crippen LogP) is 4.64. The summed E-state index contributed by atoms with van der Waals surface area (Å²) in [5, 5.41) is 0. The minimum atomic E-state index is -1.30. The van der Waals surface area contributed by atoms with Crippen LogP contribution in [0.5, 0.6) is 0 Å². The van der Waals surface area contributed by atoms with E-state index < -0.39 is 35.7 Å². The van der Waals surface area contributed by atoms with Crippen LogP contribution in [-0.2, 0) is 50.9 Å². The van der Waals surface area contributed by atoms with Crippen LogP contribution in [0.2, 0.25) is 0 Å². The van der Waals surface area contributed by atoms with Crippen molar-refractivity contribution >= 4 is 24.1 Å². The van der Waals surface area contributed by atoms with E-state index >= 15 is 0 Å². The Hall–Kier alpha value is -3.30. The quantitative estimate of drug-likeness (QED) is 0.397. The maximum Gasteiger partial charge on any atom is 0.334 e. The standard InChI is InChI=1S/C32H36O8/c1-5-37-31(3)32(4,38-6-2)40-28(20-36-30(34)26-17-23-13-9-10-14-24(23)18-26)27(39-31)19-35-29(33)25-15-21-11-7-8-12-22(21)16-25/h7-15,17,27-28H,5-6,16,18-20H2,1-4H3/t27-,28-,31+,32+/m0/s1. The molecular formula is C32H36O8. The zero-order valence-corrected chi connectivity index (χ0v) is 23.4. The first-order chi connectivity index (χ1) is 19.2. The maximum absolute atomic E-state index is 13.0. The zero-order valence-electron chi connectivity index (χ0n) is 23.4. The van der Waals surface area contributed by atoms with Crippen LogP contribution in [-0.4, -0.2) is 62.1 Å². The second kappa shape index (κ2) is 11.7. The number of ether oxygens (including phenoxy) is 6. The smallest absolute Gasteiger partial charge is 0.334 e. The molecule has 0 saturated carbocycles. The van der Waals surface area contributed by atoms with Gasteiger partial charge in [-0.25, -0.2) is 9.59 Å². The third-order valence-corrected chi connectivity index (χ3v) is 7.64. The Balaban J connectivity index is 1.29. The van der Waals surface area contributed by atoms with E-state index in [9.17, 15) is 9.59 Å². The molecule has 40 heavy (non-hydrogen) atoms. The molecule has 2 aliphatic carbocycles. The highest BCUT2D eigenvalue weighted by molar-refractivity contribution is 5.97. The van der Waals surface area contributed by atoms with Gasteiger partial charge in [-0.05, 0) is 62.1 Å². The van der Waals surface area contributed by atoms with E-state index in [1.54, 1.807) is 13.8 Å². The largest absolute Gasteiger partial charge is 0.459 e. The van der Waals surface area contributed by atoms with Crippen LogP contribution in [0.15, 0.2) is 59.7 Å². The highest BCUT2D eigenvalue weighted by Crippen LogP contribution is 2.40. The lowest BCUT2D eigenvalue weighted by atomic mass is 10.0. The number of fused-ring (bicyclic) bond motifs is 2. The van der Waals surface area contributed by atoms with Crippen LogP contribution in [0.3, 0.4) is 0 Å². The molecular weight excluding hydrogens is 512 g/mol.